The Morgan fingerprint density at radius 3 is 3.05 bits per heavy atom. The number of nitrogens with two attached hydrogens (primary N) is 1. The predicted molar refractivity (Wildman–Crippen MR) is 70.2 cm³/mol. The van der Waals surface area contributed by atoms with E-state index < -0.39 is 0 Å². The lowest BCUT2D eigenvalue weighted by atomic mass is 10.1. The van der Waals surface area contributed by atoms with E-state index in [-0.39, 0.29) is 31.2 Å². The average Bonchev–Trinajstić information content (AvgIpc) is 2.65. The molecule has 0 radical (unpaired) electrons. The highest BCUT2D eigenvalue weighted by molar-refractivity contribution is 6.05. The summed E-state index contributed by atoms with van der Waals surface area (Å²) in [5.41, 5.74) is 7.84. The van der Waals surface area contributed by atoms with Crippen LogP contribution in [0, 0.1) is 11.3 Å². The average molecular weight is 258 g/mol. The van der Waals surface area contributed by atoms with Gasteiger partial charge in [0, 0.05) is 17.9 Å². The van der Waals surface area contributed by atoms with Crippen LogP contribution in [0.2, 0.25) is 0 Å². The predicted octanol–water partition coefficient (Wildman–Crippen LogP) is 0.188. The van der Waals surface area contributed by atoms with Crippen molar-refractivity contribution in [1.82, 2.24) is 5.32 Å². The maximum absolute atomic E-state index is 11.9. The van der Waals surface area contributed by atoms with E-state index in [1.807, 2.05) is 6.07 Å². The molecule has 0 saturated carbocycles. The van der Waals surface area contributed by atoms with Crippen molar-refractivity contribution in [3.63, 3.8) is 0 Å². The molecule has 6 heteroatoms. The zero-order valence-electron chi connectivity index (χ0n) is 10.3. The molecule has 6 nitrogen and oxygen atoms in total. The number of nitrogen functional groups attached to an aromatic ring is 1. The molecule has 0 atom stereocenters. The summed E-state index contributed by atoms with van der Waals surface area (Å²) in [5.74, 6) is -0.385. The van der Waals surface area contributed by atoms with Crippen molar-refractivity contribution in [2.75, 3.05) is 23.7 Å². The van der Waals surface area contributed by atoms with E-state index in [9.17, 15) is 9.59 Å². The van der Waals surface area contributed by atoms with Crippen LogP contribution in [0.25, 0.3) is 0 Å². The summed E-state index contributed by atoms with van der Waals surface area (Å²) in [7, 11) is 0. The largest absolute Gasteiger partial charge is 0.399 e. The summed E-state index contributed by atoms with van der Waals surface area (Å²) < 4.78 is 0. The van der Waals surface area contributed by atoms with E-state index in [1.54, 1.807) is 18.2 Å². The highest BCUT2D eigenvalue weighted by atomic mass is 16.2. The van der Waals surface area contributed by atoms with Gasteiger partial charge in [-0.3, -0.25) is 9.59 Å². The summed E-state index contributed by atoms with van der Waals surface area (Å²) in [6.45, 7) is 0.271. The second-order valence-electron chi connectivity index (χ2n) is 4.30. The Morgan fingerprint density at radius 1 is 1.53 bits per heavy atom. The van der Waals surface area contributed by atoms with Gasteiger partial charge in [-0.05, 0) is 23.8 Å². The van der Waals surface area contributed by atoms with Gasteiger partial charge in [-0.15, -0.1) is 0 Å². The fraction of sp³-hybridized carbons (Fsp3) is 0.308. The molecule has 0 bridgehead atoms. The number of rotatable bonds is 4. The summed E-state index contributed by atoms with van der Waals surface area (Å²) >= 11 is 0. The van der Waals surface area contributed by atoms with E-state index in [2.05, 4.69) is 5.32 Å². The molecule has 2 rings (SSSR count). The number of benzene rings is 1. The fourth-order valence-corrected chi connectivity index (χ4v) is 2.03. The molecule has 0 aliphatic carbocycles. The summed E-state index contributed by atoms with van der Waals surface area (Å²) in [6, 6.07) is 7.14. The van der Waals surface area contributed by atoms with Crippen LogP contribution in [0.4, 0.5) is 11.4 Å². The minimum atomic E-state index is -0.270. The second kappa shape index (κ2) is 5.40. The molecule has 0 unspecified atom stereocenters. The zero-order valence-corrected chi connectivity index (χ0v) is 10.3. The number of nitrogens with zero attached hydrogens (tertiary/aromatic N) is 2. The lowest BCUT2D eigenvalue weighted by Gasteiger charge is -2.16. The van der Waals surface area contributed by atoms with Gasteiger partial charge < -0.3 is 16.0 Å². The molecular weight excluding hydrogens is 244 g/mol. The molecule has 1 aliphatic heterocycles. The number of nitriles is 1. The Balaban J connectivity index is 2.04. The minimum Gasteiger partial charge on any atom is -0.399 e. The molecule has 2 amide bonds. The van der Waals surface area contributed by atoms with Crippen molar-refractivity contribution >= 4 is 23.2 Å². The van der Waals surface area contributed by atoms with Crippen molar-refractivity contribution in [1.29, 1.82) is 5.26 Å². The Labute approximate surface area is 110 Å². The number of amides is 2. The quantitative estimate of drug-likeness (QED) is 0.594. The van der Waals surface area contributed by atoms with Gasteiger partial charge in [0.15, 0.2) is 0 Å². The Morgan fingerprint density at radius 2 is 2.32 bits per heavy atom. The fourth-order valence-electron chi connectivity index (χ4n) is 2.03. The van der Waals surface area contributed by atoms with Gasteiger partial charge in [0.05, 0.1) is 18.9 Å². The molecular formula is C13H14N4O2. The van der Waals surface area contributed by atoms with Crippen LogP contribution in [-0.4, -0.2) is 24.9 Å². The van der Waals surface area contributed by atoms with E-state index in [4.69, 9.17) is 11.0 Å². The van der Waals surface area contributed by atoms with Crippen LogP contribution in [0.5, 0.6) is 0 Å². The SMILES string of the molecule is N#CCCNC(=O)CN1C(=O)Cc2cc(N)ccc21. The third-order valence-electron chi connectivity index (χ3n) is 2.90. The van der Waals surface area contributed by atoms with E-state index in [1.165, 1.54) is 4.90 Å². The lowest BCUT2D eigenvalue weighted by Crippen LogP contribution is -2.39. The van der Waals surface area contributed by atoms with Crippen LogP contribution < -0.4 is 16.0 Å². The van der Waals surface area contributed by atoms with Crippen LogP contribution in [0.15, 0.2) is 18.2 Å². The first kappa shape index (κ1) is 12.9. The molecule has 1 heterocycles. The summed E-state index contributed by atoms with van der Waals surface area (Å²) in [6.07, 6.45) is 0.526. The first-order chi connectivity index (χ1) is 9.11. The first-order valence-corrected chi connectivity index (χ1v) is 5.94. The zero-order chi connectivity index (χ0) is 13.8. The smallest absolute Gasteiger partial charge is 0.240 e. The van der Waals surface area contributed by atoms with Crippen LogP contribution in [-0.2, 0) is 16.0 Å². The van der Waals surface area contributed by atoms with Gasteiger partial charge in [0.1, 0.15) is 6.54 Å². The Hall–Kier alpha value is -2.55. The molecule has 3 N–H and O–H groups in total. The molecule has 19 heavy (non-hydrogen) atoms. The number of hydrogen-bond donors (Lipinski definition) is 2. The first-order valence-electron chi connectivity index (χ1n) is 5.94. The number of carbonyl (C=O) groups is 2. The molecule has 0 fully saturated rings. The van der Waals surface area contributed by atoms with Crippen molar-refractivity contribution < 1.29 is 9.59 Å². The molecule has 1 aromatic rings. The van der Waals surface area contributed by atoms with Crippen LogP contribution in [0.1, 0.15) is 12.0 Å². The van der Waals surface area contributed by atoms with Crippen LogP contribution in [0.3, 0.4) is 0 Å². The lowest BCUT2D eigenvalue weighted by molar-refractivity contribution is -0.123. The highest BCUT2D eigenvalue weighted by Crippen LogP contribution is 2.30. The van der Waals surface area contributed by atoms with E-state index in [0.29, 0.717) is 12.2 Å². The molecule has 0 saturated heterocycles. The van der Waals surface area contributed by atoms with Crippen molar-refractivity contribution in [3.05, 3.63) is 23.8 Å². The van der Waals surface area contributed by atoms with Gasteiger partial charge in [-0.1, -0.05) is 0 Å². The molecule has 0 aromatic heterocycles. The van der Waals surface area contributed by atoms with Gasteiger partial charge in [-0.25, -0.2) is 0 Å². The van der Waals surface area contributed by atoms with E-state index >= 15 is 0 Å². The highest BCUT2D eigenvalue weighted by Gasteiger charge is 2.28. The third-order valence-corrected chi connectivity index (χ3v) is 2.90. The van der Waals surface area contributed by atoms with Crippen molar-refractivity contribution in [2.45, 2.75) is 12.8 Å². The standard InChI is InChI=1S/C13H14N4O2/c14-4-1-5-16-12(18)8-17-11-3-2-10(15)6-9(11)7-13(17)19/h2-3,6H,1,5,7-8,15H2,(H,16,18). The second-order valence-corrected chi connectivity index (χ2v) is 4.30. The minimum absolute atomic E-state index is 0.0266. The number of anilines is 2. The number of fused-ring (bicyclic) bond motifs is 1. The van der Waals surface area contributed by atoms with Crippen molar-refractivity contribution in [2.24, 2.45) is 0 Å². The van der Waals surface area contributed by atoms with Gasteiger partial charge in [0.2, 0.25) is 11.8 Å². The summed E-state index contributed by atoms with van der Waals surface area (Å²) in [5, 5.41) is 11.0. The van der Waals surface area contributed by atoms with Crippen molar-refractivity contribution in [3.8, 4) is 6.07 Å². The number of hydrogen-bond acceptors (Lipinski definition) is 4. The Kier molecular flexibility index (Phi) is 3.66. The topological polar surface area (TPSA) is 99.2 Å². The van der Waals surface area contributed by atoms with Crippen LogP contribution >= 0.6 is 0 Å². The van der Waals surface area contributed by atoms with Gasteiger partial charge >= 0.3 is 0 Å². The number of carbonyl (C=O) groups excluding carboxylic acids is 2. The van der Waals surface area contributed by atoms with E-state index in [0.717, 1.165) is 11.3 Å². The molecule has 1 aliphatic rings. The van der Waals surface area contributed by atoms with Gasteiger partial charge in [-0.2, -0.15) is 5.26 Å². The molecule has 1 aromatic carbocycles. The normalized spacial score (nSPS) is 13.0. The molecule has 0 spiro atoms. The maximum atomic E-state index is 11.9. The monoisotopic (exact) mass is 258 g/mol. The Bertz CT molecular complexity index is 562. The third kappa shape index (κ3) is 2.83. The summed E-state index contributed by atoms with van der Waals surface area (Å²) in [4.78, 5) is 25.0. The maximum Gasteiger partial charge on any atom is 0.240 e. The molecule has 98 valence electrons. The van der Waals surface area contributed by atoms with Gasteiger partial charge in [0.25, 0.3) is 0 Å². The number of nitrogens with one attached hydrogen (secondary N) is 1.